The third-order valence-corrected chi connectivity index (χ3v) is 6.07. The number of para-hydroxylation sites is 2. The molecule has 2 N–H and O–H groups in total. The summed E-state index contributed by atoms with van der Waals surface area (Å²) in [6.45, 7) is 2.02. The SMILES string of the molecule is Cc1ccc2oc(OOCNNC3(c4ccccc4)c4ccccc4Oc4ccccc43)nc2c1. The number of ether oxygens (including phenoxy) is 1. The molecule has 0 amide bonds. The third-order valence-electron chi connectivity index (χ3n) is 6.07. The zero-order valence-corrected chi connectivity index (χ0v) is 19.0. The van der Waals surface area contributed by atoms with Crippen LogP contribution in [0.4, 0.5) is 0 Å². The fourth-order valence-corrected chi connectivity index (χ4v) is 4.53. The molecule has 1 aliphatic heterocycles. The third kappa shape index (κ3) is 3.81. The Bertz CT molecular complexity index is 1440. The maximum Gasteiger partial charge on any atom is 0.427 e. The first-order valence-electron chi connectivity index (χ1n) is 11.3. The highest BCUT2D eigenvalue weighted by Crippen LogP contribution is 2.49. The van der Waals surface area contributed by atoms with Gasteiger partial charge in [-0.25, -0.2) is 10.9 Å². The van der Waals surface area contributed by atoms with Gasteiger partial charge in [-0.3, -0.25) is 4.89 Å². The Hall–Kier alpha value is -4.17. The summed E-state index contributed by atoms with van der Waals surface area (Å²) in [5.74, 6) is 1.56. The molecular weight excluding hydrogens is 442 g/mol. The van der Waals surface area contributed by atoms with Gasteiger partial charge in [0.05, 0.1) is 0 Å². The van der Waals surface area contributed by atoms with Crippen LogP contribution in [0.5, 0.6) is 17.6 Å². The number of hydrogen-bond donors (Lipinski definition) is 2. The molecule has 0 unspecified atom stereocenters. The molecule has 0 radical (unpaired) electrons. The lowest BCUT2D eigenvalue weighted by Crippen LogP contribution is -2.53. The van der Waals surface area contributed by atoms with Gasteiger partial charge in [-0.15, -0.1) is 0 Å². The smallest absolute Gasteiger partial charge is 0.427 e. The summed E-state index contributed by atoms with van der Waals surface area (Å²) in [5, 5.41) is 0. The maximum absolute atomic E-state index is 6.23. The fraction of sp³-hybridized carbons (Fsp3) is 0.107. The number of aromatic nitrogens is 1. The van der Waals surface area contributed by atoms with Gasteiger partial charge in [0, 0.05) is 11.1 Å². The minimum atomic E-state index is -0.731. The molecule has 0 saturated carbocycles. The molecule has 7 nitrogen and oxygen atoms in total. The Morgan fingerprint density at radius 2 is 1.51 bits per heavy atom. The highest BCUT2D eigenvalue weighted by molar-refractivity contribution is 5.73. The second kappa shape index (κ2) is 8.88. The van der Waals surface area contributed by atoms with Crippen molar-refractivity contribution in [2.45, 2.75) is 12.5 Å². The number of aryl methyl sites for hydroxylation is 1. The van der Waals surface area contributed by atoms with Gasteiger partial charge in [0.2, 0.25) is 0 Å². The van der Waals surface area contributed by atoms with E-state index in [0.29, 0.717) is 11.1 Å². The normalized spacial score (nSPS) is 13.6. The number of nitrogens with zero attached hydrogens (tertiary/aromatic N) is 1. The highest BCUT2D eigenvalue weighted by atomic mass is 17.2. The molecule has 6 rings (SSSR count). The van der Waals surface area contributed by atoms with Crippen LogP contribution in [0, 0.1) is 6.92 Å². The van der Waals surface area contributed by atoms with E-state index in [1.807, 2.05) is 79.7 Å². The predicted octanol–water partition coefficient (Wildman–Crippen LogP) is 5.60. The van der Waals surface area contributed by atoms with Crippen LogP contribution in [0.1, 0.15) is 22.3 Å². The van der Waals surface area contributed by atoms with Gasteiger partial charge in [0.1, 0.15) is 22.6 Å². The number of nitrogens with one attached hydrogen (secondary N) is 2. The molecule has 2 heterocycles. The summed E-state index contributed by atoms with van der Waals surface area (Å²) in [4.78, 5) is 15.0. The van der Waals surface area contributed by atoms with Gasteiger partial charge in [-0.05, 0) is 42.3 Å². The van der Waals surface area contributed by atoms with Gasteiger partial charge >= 0.3 is 6.08 Å². The minimum Gasteiger partial charge on any atom is -0.457 e. The van der Waals surface area contributed by atoms with E-state index in [1.54, 1.807) is 0 Å². The fourth-order valence-electron chi connectivity index (χ4n) is 4.53. The van der Waals surface area contributed by atoms with Crippen molar-refractivity contribution in [3.63, 3.8) is 0 Å². The van der Waals surface area contributed by atoms with Crippen molar-refractivity contribution in [3.05, 3.63) is 119 Å². The predicted molar refractivity (Wildman–Crippen MR) is 131 cm³/mol. The van der Waals surface area contributed by atoms with Crippen molar-refractivity contribution in [2.75, 3.05) is 6.73 Å². The minimum absolute atomic E-state index is 0.0253. The summed E-state index contributed by atoms with van der Waals surface area (Å²) < 4.78 is 11.8. The van der Waals surface area contributed by atoms with Gasteiger partial charge < -0.3 is 9.15 Å². The van der Waals surface area contributed by atoms with Crippen molar-refractivity contribution in [1.82, 2.24) is 15.8 Å². The summed E-state index contributed by atoms with van der Waals surface area (Å²) in [6.07, 6.45) is 0.0481. The molecule has 35 heavy (non-hydrogen) atoms. The van der Waals surface area contributed by atoms with Crippen molar-refractivity contribution in [2.24, 2.45) is 0 Å². The largest absolute Gasteiger partial charge is 0.457 e. The lowest BCUT2D eigenvalue weighted by atomic mass is 9.75. The Balaban J connectivity index is 1.27. The number of benzene rings is 4. The van der Waals surface area contributed by atoms with Crippen LogP contribution < -0.4 is 20.5 Å². The first kappa shape index (κ1) is 21.4. The average molecular weight is 466 g/mol. The van der Waals surface area contributed by atoms with E-state index < -0.39 is 5.54 Å². The molecule has 0 bridgehead atoms. The summed E-state index contributed by atoms with van der Waals surface area (Å²) >= 11 is 0. The first-order valence-corrected chi connectivity index (χ1v) is 11.3. The lowest BCUT2D eigenvalue weighted by Gasteiger charge is -2.41. The Labute approximate surface area is 202 Å². The topological polar surface area (TPSA) is 77.8 Å². The maximum atomic E-state index is 6.23. The molecule has 4 aromatic carbocycles. The summed E-state index contributed by atoms with van der Waals surface area (Å²) in [5.41, 5.74) is 11.4. The van der Waals surface area contributed by atoms with Gasteiger partial charge in [-0.1, -0.05) is 72.8 Å². The van der Waals surface area contributed by atoms with Crippen LogP contribution in [0.2, 0.25) is 0 Å². The van der Waals surface area contributed by atoms with Crippen LogP contribution in [0.25, 0.3) is 11.1 Å². The summed E-state index contributed by atoms with van der Waals surface area (Å²) in [6, 6.07) is 32.0. The van der Waals surface area contributed by atoms with Crippen LogP contribution >= 0.6 is 0 Å². The van der Waals surface area contributed by atoms with E-state index in [-0.39, 0.29) is 12.8 Å². The molecule has 174 valence electrons. The van der Waals surface area contributed by atoms with Crippen LogP contribution in [0.15, 0.2) is 101 Å². The quantitative estimate of drug-likeness (QED) is 0.140. The van der Waals surface area contributed by atoms with Gasteiger partial charge in [-0.2, -0.15) is 9.87 Å². The van der Waals surface area contributed by atoms with Crippen LogP contribution in [0.3, 0.4) is 0 Å². The highest BCUT2D eigenvalue weighted by Gasteiger charge is 2.43. The molecule has 1 aromatic heterocycles. The molecular formula is C28H23N3O4. The van der Waals surface area contributed by atoms with E-state index in [1.165, 1.54) is 0 Å². The first-order chi connectivity index (χ1) is 17.2. The monoisotopic (exact) mass is 465 g/mol. The molecule has 7 heteroatoms. The number of fused-ring (bicyclic) bond motifs is 3. The van der Waals surface area contributed by atoms with Crippen molar-refractivity contribution < 1.29 is 18.9 Å². The average Bonchev–Trinajstić information content (AvgIpc) is 3.30. The second-order valence-corrected chi connectivity index (χ2v) is 8.31. The van der Waals surface area contributed by atoms with Crippen molar-refractivity contribution >= 4 is 11.1 Å². The molecule has 0 saturated heterocycles. The molecule has 1 aliphatic rings. The zero-order chi connectivity index (χ0) is 23.7. The van der Waals surface area contributed by atoms with E-state index in [2.05, 4.69) is 40.1 Å². The molecule has 0 spiro atoms. The van der Waals surface area contributed by atoms with E-state index in [0.717, 1.165) is 33.8 Å². The Morgan fingerprint density at radius 1 is 0.829 bits per heavy atom. The van der Waals surface area contributed by atoms with Gasteiger partial charge in [0.25, 0.3) is 0 Å². The Morgan fingerprint density at radius 3 is 2.26 bits per heavy atom. The van der Waals surface area contributed by atoms with E-state index in [9.17, 15) is 0 Å². The number of oxazole rings is 1. The van der Waals surface area contributed by atoms with E-state index >= 15 is 0 Å². The molecule has 5 aromatic rings. The number of rotatable bonds is 7. The number of hydrazine groups is 1. The Kier molecular flexibility index (Phi) is 5.42. The van der Waals surface area contributed by atoms with Crippen LogP contribution in [-0.4, -0.2) is 11.7 Å². The number of hydrogen-bond acceptors (Lipinski definition) is 7. The molecule has 0 fully saturated rings. The molecule has 0 atom stereocenters. The van der Waals surface area contributed by atoms with Crippen molar-refractivity contribution in [3.8, 4) is 17.6 Å². The van der Waals surface area contributed by atoms with Crippen molar-refractivity contribution in [1.29, 1.82) is 0 Å². The summed E-state index contributed by atoms with van der Waals surface area (Å²) in [7, 11) is 0. The second-order valence-electron chi connectivity index (χ2n) is 8.31. The van der Waals surface area contributed by atoms with E-state index in [4.69, 9.17) is 18.9 Å². The van der Waals surface area contributed by atoms with Crippen LogP contribution in [-0.2, 0) is 10.4 Å². The van der Waals surface area contributed by atoms with Gasteiger partial charge in [0.15, 0.2) is 12.3 Å². The molecule has 0 aliphatic carbocycles. The lowest BCUT2D eigenvalue weighted by molar-refractivity contribution is -0.230. The standard InChI is InChI=1S/C28H23N3O4/c1-19-15-16-26-23(17-19)30-27(34-26)35-32-18-29-31-28(20-9-3-2-4-10-20)21-11-5-7-13-24(21)33-25-14-8-6-12-22(25)28/h2-17,29,31H,18H2,1H3. The zero-order valence-electron chi connectivity index (χ0n) is 19.0.